The van der Waals surface area contributed by atoms with Crippen molar-refractivity contribution in [3.8, 4) is 0 Å². The number of hydrogen-bond acceptors (Lipinski definition) is 2. The minimum Gasteiger partial charge on any atom is -0.460 e. The van der Waals surface area contributed by atoms with E-state index in [1.807, 2.05) is 20.8 Å². The highest BCUT2D eigenvalue weighted by Crippen LogP contribution is 2.11. The normalized spacial score (nSPS) is 14.1. The zero-order valence-corrected chi connectivity index (χ0v) is 8.22. The molecule has 0 saturated carbocycles. The lowest BCUT2D eigenvalue weighted by Crippen LogP contribution is -2.25. The quantitative estimate of drug-likeness (QED) is 0.611. The first-order chi connectivity index (χ1) is 5.35. The molecule has 0 amide bonds. The molecule has 0 heterocycles. The molecular weight excluding hydrogens is 156 g/mol. The molecule has 0 bridgehead atoms. The zero-order chi connectivity index (χ0) is 9.78. The van der Waals surface area contributed by atoms with Gasteiger partial charge in [-0.1, -0.05) is 6.92 Å². The van der Waals surface area contributed by atoms with Crippen LogP contribution in [0.15, 0.2) is 0 Å². The van der Waals surface area contributed by atoms with E-state index in [-0.39, 0.29) is 24.9 Å². The van der Waals surface area contributed by atoms with Crippen molar-refractivity contribution in [3.05, 3.63) is 0 Å². The van der Waals surface area contributed by atoms with Gasteiger partial charge in [-0.25, -0.2) is 5.11 Å². The monoisotopic (exact) mass is 173 g/mol. The van der Waals surface area contributed by atoms with E-state index in [9.17, 15) is 9.90 Å². The van der Waals surface area contributed by atoms with Crippen LogP contribution in [0.25, 0.3) is 0 Å². The Morgan fingerprint density at radius 3 is 2.25 bits per heavy atom. The zero-order valence-electron chi connectivity index (χ0n) is 8.22. The Kier molecular flexibility index (Phi) is 4.24. The number of hydrogen-bond donors (Lipinski definition) is 0. The van der Waals surface area contributed by atoms with Crippen molar-refractivity contribution in [1.29, 1.82) is 0 Å². The van der Waals surface area contributed by atoms with Crippen LogP contribution >= 0.6 is 0 Å². The summed E-state index contributed by atoms with van der Waals surface area (Å²) in [5.74, 6) is -0.411. The maximum Gasteiger partial charge on any atom is 0.306 e. The molecule has 3 nitrogen and oxygen atoms in total. The fourth-order valence-corrected chi connectivity index (χ4v) is 0.727. The second kappa shape index (κ2) is 4.45. The highest BCUT2D eigenvalue weighted by molar-refractivity contribution is 5.70. The predicted molar refractivity (Wildman–Crippen MR) is 45.2 cm³/mol. The van der Waals surface area contributed by atoms with Crippen molar-refractivity contribution < 1.29 is 14.6 Å². The summed E-state index contributed by atoms with van der Waals surface area (Å²) in [7, 11) is 0. The Morgan fingerprint density at radius 1 is 1.42 bits per heavy atom. The van der Waals surface area contributed by atoms with Crippen LogP contribution < -0.4 is 0 Å². The third kappa shape index (κ3) is 6.16. The fourth-order valence-electron chi connectivity index (χ4n) is 0.727. The van der Waals surface area contributed by atoms with E-state index in [0.29, 0.717) is 0 Å². The number of carbonyl (C=O) groups is 1. The standard InChI is InChI=1S/C9H17O3/c1-7(6-10)5-8(11)12-9(2,3)4/h7H,5-6H2,1-4H3. The fraction of sp³-hybridized carbons (Fsp3) is 0.889. The predicted octanol–water partition coefficient (Wildman–Crippen LogP) is 1.78. The van der Waals surface area contributed by atoms with E-state index in [0.717, 1.165) is 0 Å². The summed E-state index contributed by atoms with van der Waals surface area (Å²) in [5.41, 5.74) is -0.445. The molecule has 0 aromatic heterocycles. The highest BCUT2D eigenvalue weighted by atomic mass is 16.6. The van der Waals surface area contributed by atoms with Gasteiger partial charge in [-0.3, -0.25) is 4.79 Å². The first-order valence-corrected chi connectivity index (χ1v) is 4.15. The lowest BCUT2D eigenvalue weighted by Gasteiger charge is -2.20. The molecule has 1 unspecified atom stereocenters. The summed E-state index contributed by atoms with van der Waals surface area (Å²) in [4.78, 5) is 11.1. The topological polar surface area (TPSA) is 46.2 Å². The van der Waals surface area contributed by atoms with Crippen LogP contribution in [0.2, 0.25) is 0 Å². The van der Waals surface area contributed by atoms with E-state index in [1.165, 1.54) is 0 Å². The van der Waals surface area contributed by atoms with Gasteiger partial charge in [0.05, 0.1) is 13.0 Å². The summed E-state index contributed by atoms with van der Waals surface area (Å²) < 4.78 is 5.03. The number of carbonyl (C=O) groups excluding carboxylic acids is 1. The molecule has 1 atom stereocenters. The molecule has 0 fully saturated rings. The van der Waals surface area contributed by atoms with Gasteiger partial charge in [-0.05, 0) is 26.7 Å². The van der Waals surface area contributed by atoms with Gasteiger partial charge < -0.3 is 4.74 Å². The average Bonchev–Trinajstić information content (AvgIpc) is 1.82. The van der Waals surface area contributed by atoms with Crippen LogP contribution in [0.4, 0.5) is 0 Å². The summed E-state index contributed by atoms with van der Waals surface area (Å²) in [6.07, 6.45) is 0.223. The van der Waals surface area contributed by atoms with Crippen LogP contribution in [-0.4, -0.2) is 18.2 Å². The van der Waals surface area contributed by atoms with Crippen molar-refractivity contribution in [2.45, 2.75) is 39.7 Å². The van der Waals surface area contributed by atoms with Gasteiger partial charge in [0.1, 0.15) is 5.60 Å². The van der Waals surface area contributed by atoms with Gasteiger partial charge in [0, 0.05) is 0 Å². The first kappa shape index (κ1) is 11.4. The lowest BCUT2D eigenvalue weighted by molar-refractivity contribution is -0.156. The first-order valence-electron chi connectivity index (χ1n) is 4.15. The number of esters is 1. The van der Waals surface area contributed by atoms with Gasteiger partial charge in [0.2, 0.25) is 0 Å². The smallest absolute Gasteiger partial charge is 0.306 e. The summed E-state index contributed by atoms with van der Waals surface area (Å²) in [6, 6.07) is 0. The van der Waals surface area contributed by atoms with Crippen molar-refractivity contribution in [2.75, 3.05) is 6.61 Å². The van der Waals surface area contributed by atoms with E-state index in [2.05, 4.69) is 0 Å². The maximum atomic E-state index is 11.1. The Balaban J connectivity index is 3.75. The Bertz CT molecular complexity index is 146. The number of rotatable bonds is 3. The molecule has 3 heteroatoms. The van der Waals surface area contributed by atoms with Crippen LogP contribution in [-0.2, 0) is 14.6 Å². The molecule has 0 rings (SSSR count). The molecule has 1 radical (unpaired) electrons. The molecule has 0 spiro atoms. The van der Waals surface area contributed by atoms with Crippen molar-refractivity contribution in [3.63, 3.8) is 0 Å². The average molecular weight is 173 g/mol. The summed E-state index contributed by atoms with van der Waals surface area (Å²) >= 11 is 0. The Morgan fingerprint density at radius 2 is 1.92 bits per heavy atom. The second-order valence-electron chi connectivity index (χ2n) is 4.06. The van der Waals surface area contributed by atoms with Gasteiger partial charge >= 0.3 is 5.97 Å². The minimum atomic E-state index is -0.445. The van der Waals surface area contributed by atoms with Gasteiger partial charge in [-0.15, -0.1) is 0 Å². The second-order valence-corrected chi connectivity index (χ2v) is 4.06. The molecule has 0 aliphatic rings. The van der Waals surface area contributed by atoms with Crippen molar-refractivity contribution in [1.82, 2.24) is 0 Å². The lowest BCUT2D eigenvalue weighted by atomic mass is 10.1. The third-order valence-electron chi connectivity index (χ3n) is 1.22. The highest BCUT2D eigenvalue weighted by Gasteiger charge is 2.17. The molecular formula is C9H17O3. The van der Waals surface area contributed by atoms with Gasteiger partial charge in [-0.2, -0.15) is 0 Å². The molecule has 0 saturated heterocycles. The maximum absolute atomic E-state index is 11.1. The molecule has 0 aliphatic heterocycles. The van der Waals surface area contributed by atoms with Crippen LogP contribution in [0.3, 0.4) is 0 Å². The van der Waals surface area contributed by atoms with Crippen molar-refractivity contribution >= 4 is 5.97 Å². The number of ether oxygens (including phenoxy) is 1. The van der Waals surface area contributed by atoms with E-state index in [4.69, 9.17) is 4.74 Å². The summed E-state index contributed by atoms with van der Waals surface area (Å²) in [6.45, 7) is 6.96. The molecule has 0 aromatic rings. The van der Waals surface area contributed by atoms with Crippen LogP contribution in [0, 0.1) is 5.92 Å². The van der Waals surface area contributed by atoms with E-state index < -0.39 is 5.60 Å². The molecule has 0 aliphatic carbocycles. The Hall–Kier alpha value is -0.570. The van der Waals surface area contributed by atoms with E-state index in [1.54, 1.807) is 6.92 Å². The molecule has 0 N–H and O–H groups in total. The van der Waals surface area contributed by atoms with Gasteiger partial charge in [0.15, 0.2) is 0 Å². The Labute approximate surface area is 73.7 Å². The molecule has 12 heavy (non-hydrogen) atoms. The van der Waals surface area contributed by atoms with Crippen LogP contribution in [0.1, 0.15) is 34.1 Å². The third-order valence-corrected chi connectivity index (χ3v) is 1.22. The SMILES string of the molecule is CC(C[O])CC(=O)OC(C)(C)C. The van der Waals surface area contributed by atoms with Gasteiger partial charge in [0.25, 0.3) is 0 Å². The molecule has 71 valence electrons. The summed E-state index contributed by atoms with van der Waals surface area (Å²) in [5, 5.41) is 10.3. The minimum absolute atomic E-state index is 0.125. The largest absolute Gasteiger partial charge is 0.460 e. The van der Waals surface area contributed by atoms with E-state index >= 15 is 0 Å². The van der Waals surface area contributed by atoms with Crippen LogP contribution in [0.5, 0.6) is 0 Å². The van der Waals surface area contributed by atoms with Crippen molar-refractivity contribution in [2.24, 2.45) is 5.92 Å². The molecule has 0 aromatic carbocycles.